The van der Waals surface area contributed by atoms with Crippen molar-refractivity contribution in [1.82, 2.24) is 19.6 Å². The number of nitrogen functional groups attached to an aromatic ring is 1. The molecule has 8 heteroatoms. The molecule has 1 aromatic carbocycles. The van der Waals surface area contributed by atoms with Gasteiger partial charge in [0, 0.05) is 10.5 Å². The molecule has 4 rings (SSSR count). The van der Waals surface area contributed by atoms with Crippen LogP contribution in [0.5, 0.6) is 5.75 Å². The zero-order valence-electron chi connectivity index (χ0n) is 12.4. The van der Waals surface area contributed by atoms with Crippen molar-refractivity contribution in [3.05, 3.63) is 58.9 Å². The molecule has 0 unspecified atom stereocenters. The molecule has 3 heterocycles. The molecule has 0 fully saturated rings. The molecule has 0 saturated carbocycles. The number of anilines is 1. The lowest BCUT2D eigenvalue weighted by molar-refractivity contribution is 0.301. The van der Waals surface area contributed by atoms with Crippen molar-refractivity contribution in [3.8, 4) is 17.3 Å². The highest BCUT2D eigenvalue weighted by atomic mass is 79.9. The lowest BCUT2D eigenvalue weighted by atomic mass is 10.3. The Morgan fingerprint density at radius 2 is 2.08 bits per heavy atom. The molecule has 0 spiro atoms. The van der Waals surface area contributed by atoms with Crippen molar-refractivity contribution in [2.75, 3.05) is 5.73 Å². The van der Waals surface area contributed by atoms with Gasteiger partial charge >= 0.3 is 0 Å². The summed E-state index contributed by atoms with van der Waals surface area (Å²) in [5.74, 6) is 2.01. The molecule has 0 bridgehead atoms. The van der Waals surface area contributed by atoms with E-state index in [1.807, 2.05) is 24.3 Å². The molecule has 0 atom stereocenters. The van der Waals surface area contributed by atoms with Crippen molar-refractivity contribution >= 4 is 27.5 Å². The standard InChI is InChI=1S/C16H12BrN5O2/c17-10-3-1-4-12(7-10)24-9-11-8-14-20-15(13-5-2-6-23-13)21-22(14)16(18)19-11/h1-8H,9H2,(H2,18,19). The summed E-state index contributed by atoms with van der Waals surface area (Å²) in [5.41, 5.74) is 7.22. The van der Waals surface area contributed by atoms with Crippen molar-refractivity contribution in [2.45, 2.75) is 6.61 Å². The van der Waals surface area contributed by atoms with Crippen LogP contribution in [0, 0.1) is 0 Å². The zero-order chi connectivity index (χ0) is 16.5. The van der Waals surface area contributed by atoms with Gasteiger partial charge < -0.3 is 14.9 Å². The Kier molecular flexibility index (Phi) is 3.66. The molecule has 4 aromatic rings. The number of nitrogens with zero attached hydrogens (tertiary/aromatic N) is 4. The summed E-state index contributed by atoms with van der Waals surface area (Å²) in [6.45, 7) is 0.278. The molecular formula is C16H12BrN5O2. The summed E-state index contributed by atoms with van der Waals surface area (Å²) in [5, 5.41) is 4.30. The Bertz CT molecular complexity index is 997. The molecule has 120 valence electrons. The van der Waals surface area contributed by atoms with Crippen molar-refractivity contribution in [3.63, 3.8) is 0 Å². The van der Waals surface area contributed by atoms with Crippen LogP contribution in [-0.2, 0) is 6.61 Å². The molecule has 2 N–H and O–H groups in total. The quantitative estimate of drug-likeness (QED) is 0.579. The Balaban J connectivity index is 1.62. The fourth-order valence-electron chi connectivity index (χ4n) is 2.26. The average molecular weight is 386 g/mol. The average Bonchev–Trinajstić information content (AvgIpc) is 3.22. The summed E-state index contributed by atoms with van der Waals surface area (Å²) in [4.78, 5) is 8.73. The van der Waals surface area contributed by atoms with Gasteiger partial charge in [-0.3, -0.25) is 0 Å². The molecule has 7 nitrogen and oxygen atoms in total. The predicted molar refractivity (Wildman–Crippen MR) is 91.4 cm³/mol. The highest BCUT2D eigenvalue weighted by Gasteiger charge is 2.12. The Morgan fingerprint density at radius 3 is 2.88 bits per heavy atom. The minimum absolute atomic E-state index is 0.241. The summed E-state index contributed by atoms with van der Waals surface area (Å²) in [7, 11) is 0. The minimum atomic E-state index is 0.241. The van der Waals surface area contributed by atoms with E-state index in [-0.39, 0.29) is 12.6 Å². The van der Waals surface area contributed by atoms with E-state index < -0.39 is 0 Å². The highest BCUT2D eigenvalue weighted by Crippen LogP contribution is 2.20. The van der Waals surface area contributed by atoms with Gasteiger partial charge in [-0.15, -0.1) is 5.10 Å². The number of aromatic nitrogens is 4. The number of furan rings is 1. The Hall–Kier alpha value is -2.87. The van der Waals surface area contributed by atoms with Gasteiger partial charge in [0.15, 0.2) is 11.4 Å². The summed E-state index contributed by atoms with van der Waals surface area (Å²) < 4.78 is 13.5. The molecule has 0 saturated heterocycles. The number of hydrogen-bond donors (Lipinski definition) is 1. The molecule has 24 heavy (non-hydrogen) atoms. The van der Waals surface area contributed by atoms with Gasteiger partial charge in [-0.05, 0) is 30.3 Å². The second kappa shape index (κ2) is 5.97. The number of nitrogens with two attached hydrogens (primary N) is 1. The van der Waals surface area contributed by atoms with Gasteiger partial charge in [0.1, 0.15) is 12.4 Å². The van der Waals surface area contributed by atoms with Crippen LogP contribution < -0.4 is 10.5 Å². The second-order valence-electron chi connectivity index (χ2n) is 5.03. The molecule has 0 aliphatic rings. The van der Waals surface area contributed by atoms with Gasteiger partial charge in [-0.1, -0.05) is 22.0 Å². The SMILES string of the molecule is Nc1nc(COc2cccc(Br)c2)cc2nc(-c3ccco3)nn12. The first kappa shape index (κ1) is 14.7. The molecule has 0 aliphatic carbocycles. The fourth-order valence-corrected chi connectivity index (χ4v) is 2.64. The van der Waals surface area contributed by atoms with Gasteiger partial charge in [-0.25, -0.2) is 9.97 Å². The van der Waals surface area contributed by atoms with E-state index in [1.165, 1.54) is 4.52 Å². The van der Waals surface area contributed by atoms with Crippen molar-refractivity contribution in [1.29, 1.82) is 0 Å². The smallest absolute Gasteiger partial charge is 0.223 e. The Labute approximate surface area is 145 Å². The minimum Gasteiger partial charge on any atom is -0.487 e. The molecule has 0 radical (unpaired) electrons. The number of fused-ring (bicyclic) bond motifs is 1. The number of benzene rings is 1. The Morgan fingerprint density at radius 1 is 1.17 bits per heavy atom. The van der Waals surface area contributed by atoms with Crippen molar-refractivity contribution < 1.29 is 9.15 Å². The lowest BCUT2D eigenvalue weighted by Crippen LogP contribution is -2.06. The molecular weight excluding hydrogens is 374 g/mol. The van der Waals surface area contributed by atoms with Crippen LogP contribution in [0.3, 0.4) is 0 Å². The van der Waals surface area contributed by atoms with Crippen LogP contribution in [0.4, 0.5) is 5.95 Å². The maximum atomic E-state index is 5.97. The van der Waals surface area contributed by atoms with Gasteiger partial charge in [-0.2, -0.15) is 4.52 Å². The van der Waals surface area contributed by atoms with Crippen LogP contribution in [-0.4, -0.2) is 19.6 Å². The van der Waals surface area contributed by atoms with E-state index in [4.69, 9.17) is 14.9 Å². The van der Waals surface area contributed by atoms with E-state index in [9.17, 15) is 0 Å². The topological polar surface area (TPSA) is 91.5 Å². The van der Waals surface area contributed by atoms with Crippen LogP contribution in [0.15, 0.2) is 57.6 Å². The largest absolute Gasteiger partial charge is 0.487 e. The monoisotopic (exact) mass is 385 g/mol. The summed E-state index contributed by atoms with van der Waals surface area (Å²) in [6.07, 6.45) is 1.57. The maximum Gasteiger partial charge on any atom is 0.223 e. The van der Waals surface area contributed by atoms with E-state index in [0.717, 1.165) is 10.2 Å². The van der Waals surface area contributed by atoms with E-state index in [1.54, 1.807) is 24.5 Å². The normalized spacial score (nSPS) is 11.0. The first-order valence-corrected chi connectivity index (χ1v) is 7.93. The van der Waals surface area contributed by atoms with Crippen LogP contribution >= 0.6 is 15.9 Å². The van der Waals surface area contributed by atoms with E-state index >= 15 is 0 Å². The molecule has 3 aromatic heterocycles. The van der Waals surface area contributed by atoms with Crippen LogP contribution in [0.1, 0.15) is 5.69 Å². The fraction of sp³-hybridized carbons (Fsp3) is 0.0625. The number of rotatable bonds is 4. The van der Waals surface area contributed by atoms with Crippen molar-refractivity contribution in [2.24, 2.45) is 0 Å². The van der Waals surface area contributed by atoms with E-state index in [0.29, 0.717) is 22.9 Å². The van der Waals surface area contributed by atoms with E-state index in [2.05, 4.69) is 31.0 Å². The first-order chi connectivity index (χ1) is 11.7. The number of hydrogen-bond acceptors (Lipinski definition) is 6. The van der Waals surface area contributed by atoms with Crippen LogP contribution in [0.2, 0.25) is 0 Å². The second-order valence-corrected chi connectivity index (χ2v) is 5.95. The number of ether oxygens (including phenoxy) is 1. The third-order valence-corrected chi connectivity index (χ3v) is 3.82. The third-order valence-electron chi connectivity index (χ3n) is 3.33. The molecule has 0 amide bonds. The van der Waals surface area contributed by atoms with Gasteiger partial charge in [0.25, 0.3) is 0 Å². The first-order valence-electron chi connectivity index (χ1n) is 7.13. The van der Waals surface area contributed by atoms with Gasteiger partial charge in [0.05, 0.1) is 12.0 Å². The maximum absolute atomic E-state index is 5.97. The zero-order valence-corrected chi connectivity index (χ0v) is 14.0. The lowest BCUT2D eigenvalue weighted by Gasteiger charge is -2.07. The molecule has 0 aliphatic heterocycles. The highest BCUT2D eigenvalue weighted by molar-refractivity contribution is 9.10. The summed E-state index contributed by atoms with van der Waals surface area (Å²) >= 11 is 3.41. The number of halogens is 1. The summed E-state index contributed by atoms with van der Waals surface area (Å²) in [6, 6.07) is 12.9. The van der Waals surface area contributed by atoms with Crippen LogP contribution in [0.25, 0.3) is 17.2 Å². The predicted octanol–water partition coefficient (Wildman–Crippen LogP) is 3.31. The third kappa shape index (κ3) is 2.83. The van der Waals surface area contributed by atoms with Gasteiger partial charge in [0.2, 0.25) is 11.8 Å².